The van der Waals surface area contributed by atoms with E-state index in [1.165, 1.54) is 37.8 Å². The molecule has 3 aromatic rings. The Labute approximate surface area is 145 Å². The van der Waals surface area contributed by atoms with E-state index < -0.39 is 0 Å². The maximum atomic E-state index is 12.9. The van der Waals surface area contributed by atoms with Gasteiger partial charge in [-0.15, -0.1) is 0 Å². The van der Waals surface area contributed by atoms with Crippen molar-refractivity contribution in [2.24, 2.45) is 0 Å². The Morgan fingerprint density at radius 3 is 2.68 bits per heavy atom. The Kier molecular flexibility index (Phi) is 4.22. The molecule has 0 spiro atoms. The minimum atomic E-state index is -0.279. The highest BCUT2D eigenvalue weighted by atomic mass is 19.1. The molecule has 128 valence electrons. The lowest BCUT2D eigenvalue weighted by Gasteiger charge is -2.12. The van der Waals surface area contributed by atoms with Crippen molar-refractivity contribution in [3.05, 3.63) is 65.7 Å². The zero-order valence-electron chi connectivity index (χ0n) is 13.9. The molecular weight excluding hydrogens is 317 g/mol. The van der Waals surface area contributed by atoms with Crippen LogP contribution in [0.25, 0.3) is 11.0 Å². The van der Waals surface area contributed by atoms with Gasteiger partial charge in [0.2, 0.25) is 0 Å². The number of rotatable bonds is 4. The number of aromatic nitrogens is 2. The molecule has 25 heavy (non-hydrogen) atoms. The van der Waals surface area contributed by atoms with Crippen molar-refractivity contribution in [2.45, 2.75) is 38.3 Å². The third-order valence-corrected chi connectivity index (χ3v) is 4.92. The molecule has 0 aliphatic heterocycles. The van der Waals surface area contributed by atoms with Crippen molar-refractivity contribution >= 4 is 16.9 Å². The van der Waals surface area contributed by atoms with Crippen LogP contribution in [0.4, 0.5) is 4.39 Å². The van der Waals surface area contributed by atoms with E-state index in [0.29, 0.717) is 18.2 Å². The van der Waals surface area contributed by atoms with Crippen LogP contribution in [-0.2, 0) is 6.54 Å². The first-order valence-corrected chi connectivity index (χ1v) is 8.70. The number of hydrogen-bond donors (Lipinski definition) is 1. The standard InChI is InChI=1S/C20H20FN3O/c21-16-8-5-14(6-9-16)12-22-20(25)15-7-10-19-18(11-15)23-13-24(19)17-3-1-2-4-17/h5-11,13,17H,1-4,12H2,(H,22,25). The summed E-state index contributed by atoms with van der Waals surface area (Å²) in [5.41, 5.74) is 3.39. The number of hydrogen-bond acceptors (Lipinski definition) is 2. The average molecular weight is 337 g/mol. The maximum absolute atomic E-state index is 12.9. The van der Waals surface area contributed by atoms with Gasteiger partial charge in [0.05, 0.1) is 17.4 Å². The molecule has 1 fully saturated rings. The summed E-state index contributed by atoms with van der Waals surface area (Å²) in [6.07, 6.45) is 6.83. The summed E-state index contributed by atoms with van der Waals surface area (Å²) in [6, 6.07) is 12.3. The van der Waals surface area contributed by atoms with Gasteiger partial charge in [-0.3, -0.25) is 4.79 Å². The number of halogens is 1. The number of imidazole rings is 1. The van der Waals surface area contributed by atoms with Gasteiger partial charge in [0.25, 0.3) is 5.91 Å². The summed E-state index contributed by atoms with van der Waals surface area (Å²) in [5.74, 6) is -0.431. The molecule has 0 saturated heterocycles. The normalized spacial score (nSPS) is 14.9. The van der Waals surface area contributed by atoms with E-state index in [2.05, 4.69) is 14.9 Å². The smallest absolute Gasteiger partial charge is 0.251 e. The molecule has 1 aliphatic carbocycles. The van der Waals surface area contributed by atoms with E-state index in [9.17, 15) is 9.18 Å². The summed E-state index contributed by atoms with van der Waals surface area (Å²) in [4.78, 5) is 16.8. The fourth-order valence-electron chi connectivity index (χ4n) is 3.53. The summed E-state index contributed by atoms with van der Waals surface area (Å²) in [7, 11) is 0. The molecule has 5 heteroatoms. The Morgan fingerprint density at radius 2 is 1.92 bits per heavy atom. The molecular formula is C20H20FN3O. The summed E-state index contributed by atoms with van der Waals surface area (Å²) < 4.78 is 15.2. The van der Waals surface area contributed by atoms with E-state index in [1.54, 1.807) is 12.1 Å². The number of nitrogens with zero attached hydrogens (tertiary/aromatic N) is 2. The topological polar surface area (TPSA) is 46.9 Å². The number of carbonyl (C=O) groups excluding carboxylic acids is 1. The Bertz CT molecular complexity index is 895. The SMILES string of the molecule is O=C(NCc1ccc(F)cc1)c1ccc2c(c1)ncn2C1CCCC1. The van der Waals surface area contributed by atoms with Crippen LogP contribution in [0.5, 0.6) is 0 Å². The molecule has 4 rings (SSSR count). The van der Waals surface area contributed by atoms with Crippen LogP contribution < -0.4 is 5.32 Å². The lowest BCUT2D eigenvalue weighted by Crippen LogP contribution is -2.22. The highest BCUT2D eigenvalue weighted by Gasteiger charge is 2.19. The molecule has 1 aromatic heterocycles. The minimum Gasteiger partial charge on any atom is -0.348 e. The fourth-order valence-corrected chi connectivity index (χ4v) is 3.53. The summed E-state index contributed by atoms with van der Waals surface area (Å²) >= 11 is 0. The second kappa shape index (κ2) is 6.67. The highest BCUT2D eigenvalue weighted by molar-refractivity contribution is 5.97. The van der Waals surface area contributed by atoms with Gasteiger partial charge in [0.1, 0.15) is 5.82 Å². The van der Waals surface area contributed by atoms with Crippen LogP contribution in [0.2, 0.25) is 0 Å². The highest BCUT2D eigenvalue weighted by Crippen LogP contribution is 2.32. The van der Waals surface area contributed by atoms with Crippen molar-refractivity contribution in [1.82, 2.24) is 14.9 Å². The van der Waals surface area contributed by atoms with Crippen molar-refractivity contribution in [3.8, 4) is 0 Å². The third-order valence-electron chi connectivity index (χ3n) is 4.92. The molecule has 1 N–H and O–H groups in total. The second-order valence-corrected chi connectivity index (χ2v) is 6.60. The number of amides is 1. The van der Waals surface area contributed by atoms with Crippen molar-refractivity contribution in [1.29, 1.82) is 0 Å². The van der Waals surface area contributed by atoms with Crippen LogP contribution in [0, 0.1) is 5.82 Å². The monoisotopic (exact) mass is 337 g/mol. The van der Waals surface area contributed by atoms with E-state index in [1.807, 2.05) is 24.5 Å². The van der Waals surface area contributed by atoms with Crippen LogP contribution in [0.15, 0.2) is 48.8 Å². The second-order valence-electron chi connectivity index (χ2n) is 6.60. The van der Waals surface area contributed by atoms with Crippen LogP contribution >= 0.6 is 0 Å². The number of fused-ring (bicyclic) bond motifs is 1. The number of benzene rings is 2. The third kappa shape index (κ3) is 3.27. The van der Waals surface area contributed by atoms with Gasteiger partial charge in [-0.25, -0.2) is 9.37 Å². The van der Waals surface area contributed by atoms with Gasteiger partial charge < -0.3 is 9.88 Å². The lowest BCUT2D eigenvalue weighted by molar-refractivity contribution is 0.0951. The van der Waals surface area contributed by atoms with E-state index in [-0.39, 0.29) is 11.7 Å². The average Bonchev–Trinajstić information content (AvgIpc) is 3.29. The molecule has 4 nitrogen and oxygen atoms in total. The molecule has 0 atom stereocenters. The van der Waals surface area contributed by atoms with Gasteiger partial charge >= 0.3 is 0 Å². The maximum Gasteiger partial charge on any atom is 0.251 e. The first-order valence-electron chi connectivity index (χ1n) is 8.70. The van der Waals surface area contributed by atoms with E-state index >= 15 is 0 Å². The predicted molar refractivity (Wildman–Crippen MR) is 94.8 cm³/mol. The van der Waals surface area contributed by atoms with Gasteiger partial charge in [-0.05, 0) is 48.7 Å². The zero-order valence-corrected chi connectivity index (χ0v) is 13.9. The minimum absolute atomic E-state index is 0.151. The molecule has 2 aromatic carbocycles. The first-order chi connectivity index (χ1) is 12.2. The quantitative estimate of drug-likeness (QED) is 0.775. The number of nitrogens with one attached hydrogen (secondary N) is 1. The Balaban J connectivity index is 1.49. The summed E-state index contributed by atoms with van der Waals surface area (Å²) in [5, 5.41) is 2.87. The number of carbonyl (C=O) groups is 1. The largest absolute Gasteiger partial charge is 0.348 e. The van der Waals surface area contributed by atoms with E-state index in [4.69, 9.17) is 0 Å². The molecule has 0 radical (unpaired) electrons. The lowest BCUT2D eigenvalue weighted by atomic mass is 10.1. The van der Waals surface area contributed by atoms with Crippen LogP contribution in [0.3, 0.4) is 0 Å². The molecule has 1 heterocycles. The Morgan fingerprint density at radius 1 is 1.16 bits per heavy atom. The first kappa shape index (κ1) is 15.8. The van der Waals surface area contributed by atoms with Crippen molar-refractivity contribution < 1.29 is 9.18 Å². The molecule has 1 aliphatic rings. The molecule has 1 saturated carbocycles. The molecule has 0 unspecified atom stereocenters. The zero-order chi connectivity index (χ0) is 17.2. The van der Waals surface area contributed by atoms with Gasteiger partial charge in [0, 0.05) is 18.2 Å². The molecule has 0 bridgehead atoms. The fraction of sp³-hybridized carbons (Fsp3) is 0.300. The summed E-state index contributed by atoms with van der Waals surface area (Å²) in [6.45, 7) is 0.369. The van der Waals surface area contributed by atoms with Crippen LogP contribution in [0.1, 0.15) is 47.6 Å². The van der Waals surface area contributed by atoms with Gasteiger partial charge in [-0.2, -0.15) is 0 Å². The van der Waals surface area contributed by atoms with E-state index in [0.717, 1.165) is 16.6 Å². The van der Waals surface area contributed by atoms with Gasteiger partial charge in [0.15, 0.2) is 0 Å². The van der Waals surface area contributed by atoms with Crippen LogP contribution in [-0.4, -0.2) is 15.5 Å². The van der Waals surface area contributed by atoms with Crippen molar-refractivity contribution in [2.75, 3.05) is 0 Å². The van der Waals surface area contributed by atoms with Crippen molar-refractivity contribution in [3.63, 3.8) is 0 Å². The Hall–Kier alpha value is -2.69. The molecule has 1 amide bonds. The predicted octanol–water partition coefficient (Wildman–Crippen LogP) is 4.22. The van der Waals surface area contributed by atoms with Gasteiger partial charge in [-0.1, -0.05) is 25.0 Å².